The van der Waals surface area contributed by atoms with Gasteiger partial charge < -0.3 is 9.88 Å². The first-order chi connectivity index (χ1) is 7.72. The number of rotatable bonds is 2. The highest BCUT2D eigenvalue weighted by Crippen LogP contribution is 2.26. The Morgan fingerprint density at radius 3 is 3.25 bits per heavy atom. The fourth-order valence-corrected chi connectivity index (χ4v) is 2.65. The van der Waals surface area contributed by atoms with Gasteiger partial charge in [-0.05, 0) is 34.7 Å². The number of nitrogens with zero attached hydrogens (tertiary/aromatic N) is 2. The van der Waals surface area contributed by atoms with Crippen molar-refractivity contribution in [3.05, 3.63) is 21.2 Å². The monoisotopic (exact) mass is 285 g/mol. The number of halogens is 1. The van der Waals surface area contributed by atoms with Crippen LogP contribution in [0, 0.1) is 5.92 Å². The van der Waals surface area contributed by atoms with Gasteiger partial charge in [0.25, 0.3) is 5.56 Å². The van der Waals surface area contributed by atoms with Crippen LogP contribution in [-0.4, -0.2) is 23.1 Å². The molecule has 1 aliphatic heterocycles. The Hall–Kier alpha value is -0.840. The minimum absolute atomic E-state index is 0.108. The molecule has 16 heavy (non-hydrogen) atoms. The van der Waals surface area contributed by atoms with E-state index in [0.29, 0.717) is 4.47 Å². The summed E-state index contributed by atoms with van der Waals surface area (Å²) in [5.74, 6) is 1.50. The summed E-state index contributed by atoms with van der Waals surface area (Å²) in [6.07, 6.45) is 5.13. The van der Waals surface area contributed by atoms with Crippen LogP contribution in [0.1, 0.15) is 26.2 Å². The zero-order valence-corrected chi connectivity index (χ0v) is 11.0. The van der Waals surface area contributed by atoms with Gasteiger partial charge in [0.15, 0.2) is 0 Å². The first-order valence-corrected chi connectivity index (χ1v) is 6.49. The highest BCUT2D eigenvalue weighted by Gasteiger charge is 2.21. The largest absolute Gasteiger partial charge is 0.355 e. The van der Waals surface area contributed by atoms with Crippen LogP contribution in [0.4, 0.5) is 5.82 Å². The third kappa shape index (κ3) is 2.29. The standard InChI is InChI=1S/C11H16BrN3O/c1-2-8-4-3-5-15(6-8)10-9(12)11(16)14-7-13-10/h7-8H,2-6H2,1H3,(H,13,14,16). The van der Waals surface area contributed by atoms with Crippen LogP contribution in [0.5, 0.6) is 0 Å². The average Bonchev–Trinajstić information content (AvgIpc) is 2.33. The van der Waals surface area contributed by atoms with Crippen molar-refractivity contribution < 1.29 is 0 Å². The first kappa shape index (κ1) is 11.6. The Labute approximate surface area is 103 Å². The zero-order valence-electron chi connectivity index (χ0n) is 9.37. The number of hydrogen-bond acceptors (Lipinski definition) is 3. The number of piperidine rings is 1. The minimum atomic E-state index is -0.108. The lowest BCUT2D eigenvalue weighted by Crippen LogP contribution is -2.36. The number of anilines is 1. The molecule has 1 unspecified atom stereocenters. The second-order valence-corrected chi connectivity index (χ2v) is 5.02. The molecule has 1 aromatic heterocycles. The Balaban J connectivity index is 2.23. The molecule has 2 rings (SSSR count). The highest BCUT2D eigenvalue weighted by molar-refractivity contribution is 9.10. The van der Waals surface area contributed by atoms with E-state index >= 15 is 0 Å². The molecule has 0 aliphatic carbocycles. The van der Waals surface area contributed by atoms with E-state index in [2.05, 4.69) is 37.7 Å². The summed E-state index contributed by atoms with van der Waals surface area (Å²) in [4.78, 5) is 20.5. The predicted octanol–water partition coefficient (Wildman–Crippen LogP) is 2.16. The topological polar surface area (TPSA) is 49.0 Å². The molecule has 88 valence electrons. The molecule has 1 saturated heterocycles. The molecular formula is C11H16BrN3O. The first-order valence-electron chi connectivity index (χ1n) is 5.70. The molecule has 1 aromatic rings. The summed E-state index contributed by atoms with van der Waals surface area (Å²) in [6, 6.07) is 0. The lowest BCUT2D eigenvalue weighted by molar-refractivity contribution is 0.402. The zero-order chi connectivity index (χ0) is 11.5. The van der Waals surface area contributed by atoms with Gasteiger partial charge in [0.1, 0.15) is 10.3 Å². The molecule has 1 fully saturated rings. The van der Waals surface area contributed by atoms with Gasteiger partial charge in [-0.3, -0.25) is 4.79 Å². The molecule has 0 bridgehead atoms. The number of aromatic amines is 1. The summed E-state index contributed by atoms with van der Waals surface area (Å²) in [5.41, 5.74) is -0.108. The summed E-state index contributed by atoms with van der Waals surface area (Å²) >= 11 is 3.31. The minimum Gasteiger partial charge on any atom is -0.355 e. The summed E-state index contributed by atoms with van der Waals surface area (Å²) in [6.45, 7) is 4.21. The van der Waals surface area contributed by atoms with Crippen molar-refractivity contribution >= 4 is 21.7 Å². The third-order valence-corrected chi connectivity index (χ3v) is 3.89. The van der Waals surface area contributed by atoms with Crippen molar-refractivity contribution in [3.8, 4) is 0 Å². The van der Waals surface area contributed by atoms with Gasteiger partial charge in [0, 0.05) is 13.1 Å². The van der Waals surface area contributed by atoms with Gasteiger partial charge >= 0.3 is 0 Å². The second kappa shape index (κ2) is 4.99. The number of hydrogen-bond donors (Lipinski definition) is 1. The van der Waals surface area contributed by atoms with E-state index in [1.165, 1.54) is 25.6 Å². The molecular weight excluding hydrogens is 270 g/mol. The molecule has 0 radical (unpaired) electrons. The summed E-state index contributed by atoms with van der Waals surface area (Å²) in [7, 11) is 0. The van der Waals surface area contributed by atoms with E-state index in [1.807, 2.05) is 0 Å². The Morgan fingerprint density at radius 1 is 1.69 bits per heavy atom. The van der Waals surface area contributed by atoms with Gasteiger partial charge in [0.05, 0.1) is 6.33 Å². The van der Waals surface area contributed by atoms with Crippen LogP contribution < -0.4 is 10.5 Å². The van der Waals surface area contributed by atoms with E-state index in [4.69, 9.17) is 0 Å². The predicted molar refractivity (Wildman–Crippen MR) is 67.8 cm³/mol. The molecule has 2 heterocycles. The van der Waals surface area contributed by atoms with Crippen LogP contribution in [0.3, 0.4) is 0 Å². The van der Waals surface area contributed by atoms with Crippen molar-refractivity contribution in [2.75, 3.05) is 18.0 Å². The second-order valence-electron chi connectivity index (χ2n) is 4.23. The third-order valence-electron chi connectivity index (χ3n) is 3.17. The normalized spacial score (nSPS) is 21.1. The maximum atomic E-state index is 11.5. The van der Waals surface area contributed by atoms with Crippen molar-refractivity contribution in [3.63, 3.8) is 0 Å². The SMILES string of the molecule is CCC1CCCN(c2nc[nH]c(=O)c2Br)C1. The summed E-state index contributed by atoms with van der Waals surface area (Å²) < 4.78 is 0.548. The highest BCUT2D eigenvalue weighted by atomic mass is 79.9. The smallest absolute Gasteiger partial charge is 0.267 e. The number of nitrogens with one attached hydrogen (secondary N) is 1. The Morgan fingerprint density at radius 2 is 2.50 bits per heavy atom. The van der Waals surface area contributed by atoms with Crippen LogP contribution in [-0.2, 0) is 0 Å². The van der Waals surface area contributed by atoms with E-state index in [9.17, 15) is 4.79 Å². The van der Waals surface area contributed by atoms with Crippen LogP contribution in [0.2, 0.25) is 0 Å². The number of aromatic nitrogens is 2. The molecule has 0 amide bonds. The van der Waals surface area contributed by atoms with E-state index < -0.39 is 0 Å². The van der Waals surface area contributed by atoms with E-state index in [-0.39, 0.29) is 5.56 Å². The molecule has 1 N–H and O–H groups in total. The van der Waals surface area contributed by atoms with Crippen molar-refractivity contribution in [2.45, 2.75) is 26.2 Å². The van der Waals surface area contributed by atoms with Gasteiger partial charge in [-0.15, -0.1) is 0 Å². The molecule has 1 atom stereocenters. The van der Waals surface area contributed by atoms with Gasteiger partial charge in [-0.25, -0.2) is 4.98 Å². The quantitative estimate of drug-likeness (QED) is 0.906. The molecule has 5 heteroatoms. The maximum absolute atomic E-state index is 11.5. The fourth-order valence-electron chi connectivity index (χ4n) is 2.18. The van der Waals surface area contributed by atoms with Crippen molar-refractivity contribution in [2.24, 2.45) is 5.92 Å². The molecule has 0 aromatic carbocycles. The average molecular weight is 286 g/mol. The van der Waals surface area contributed by atoms with E-state index in [0.717, 1.165) is 24.8 Å². The van der Waals surface area contributed by atoms with Gasteiger partial charge in [-0.1, -0.05) is 13.3 Å². The molecule has 0 saturated carbocycles. The lowest BCUT2D eigenvalue weighted by Gasteiger charge is -2.33. The van der Waals surface area contributed by atoms with Crippen molar-refractivity contribution in [1.29, 1.82) is 0 Å². The van der Waals surface area contributed by atoms with Gasteiger partial charge in [0.2, 0.25) is 0 Å². The molecule has 4 nitrogen and oxygen atoms in total. The van der Waals surface area contributed by atoms with E-state index in [1.54, 1.807) is 0 Å². The fraction of sp³-hybridized carbons (Fsp3) is 0.636. The molecule has 1 aliphatic rings. The van der Waals surface area contributed by atoms with Crippen LogP contribution in [0.15, 0.2) is 15.6 Å². The Kier molecular flexibility index (Phi) is 3.63. The Bertz CT molecular complexity index is 418. The molecule has 0 spiro atoms. The number of H-pyrrole nitrogens is 1. The lowest BCUT2D eigenvalue weighted by atomic mass is 9.96. The van der Waals surface area contributed by atoms with Crippen LogP contribution >= 0.6 is 15.9 Å². The summed E-state index contributed by atoms with van der Waals surface area (Å²) in [5, 5.41) is 0. The van der Waals surface area contributed by atoms with Crippen molar-refractivity contribution in [1.82, 2.24) is 9.97 Å². The van der Waals surface area contributed by atoms with Gasteiger partial charge in [-0.2, -0.15) is 0 Å². The van der Waals surface area contributed by atoms with Crippen LogP contribution in [0.25, 0.3) is 0 Å². The maximum Gasteiger partial charge on any atom is 0.267 e.